The molecule has 0 aliphatic carbocycles. The number of likely N-dealkylation sites (tertiary alicyclic amines) is 1. The van der Waals surface area contributed by atoms with E-state index in [0.29, 0.717) is 13.0 Å². The van der Waals surface area contributed by atoms with Crippen LogP contribution in [0.15, 0.2) is 0 Å². The fourth-order valence-electron chi connectivity index (χ4n) is 1.36. The van der Waals surface area contributed by atoms with E-state index in [-0.39, 0.29) is 12.3 Å². The topological polar surface area (TPSA) is 40.5 Å². The number of carbonyl (C=O) groups excluding carboxylic acids is 1. The molecule has 1 fully saturated rings. The average Bonchev–Trinajstić information content (AvgIpc) is 1.86. The third-order valence-corrected chi connectivity index (χ3v) is 2.19. The highest BCUT2D eigenvalue weighted by Crippen LogP contribution is 2.21. The van der Waals surface area contributed by atoms with Crippen LogP contribution in [0.25, 0.3) is 0 Å². The zero-order chi connectivity index (χ0) is 8.48. The number of aliphatic hydroxyl groups is 1. The van der Waals surface area contributed by atoms with Gasteiger partial charge in [-0.1, -0.05) is 0 Å². The van der Waals surface area contributed by atoms with Crippen molar-refractivity contribution >= 4 is 5.91 Å². The van der Waals surface area contributed by atoms with E-state index < -0.39 is 5.60 Å². The van der Waals surface area contributed by atoms with Gasteiger partial charge in [0.1, 0.15) is 0 Å². The third kappa shape index (κ3) is 1.93. The van der Waals surface area contributed by atoms with Crippen molar-refractivity contribution in [1.82, 2.24) is 4.90 Å². The minimum Gasteiger partial charge on any atom is -0.390 e. The second kappa shape index (κ2) is 2.81. The van der Waals surface area contributed by atoms with Crippen LogP contribution >= 0.6 is 0 Å². The predicted octanol–water partition coefficient (Wildman–Crippen LogP) is 0.380. The number of nitrogens with zero attached hydrogens (tertiary/aromatic N) is 1. The number of rotatable bonds is 1. The van der Waals surface area contributed by atoms with Gasteiger partial charge >= 0.3 is 0 Å². The standard InChI is InChI=1S/C8H15NO2/c1-3-9-5-4-8(2,11)6-7(9)10/h11H,3-6H2,1-2H3. The fraction of sp³-hybridized carbons (Fsp3) is 0.875. The Hall–Kier alpha value is -0.570. The molecule has 1 aliphatic heterocycles. The summed E-state index contributed by atoms with van der Waals surface area (Å²) in [6.45, 7) is 5.13. The van der Waals surface area contributed by atoms with E-state index in [1.54, 1.807) is 11.8 Å². The van der Waals surface area contributed by atoms with E-state index in [9.17, 15) is 9.90 Å². The SMILES string of the molecule is CCN1CCC(C)(O)CC1=O. The van der Waals surface area contributed by atoms with E-state index in [0.717, 1.165) is 6.54 Å². The van der Waals surface area contributed by atoms with E-state index >= 15 is 0 Å². The molecule has 1 saturated heterocycles. The largest absolute Gasteiger partial charge is 0.390 e. The lowest BCUT2D eigenvalue weighted by molar-refractivity contribution is -0.141. The molecule has 11 heavy (non-hydrogen) atoms. The third-order valence-electron chi connectivity index (χ3n) is 2.19. The van der Waals surface area contributed by atoms with Gasteiger partial charge in [-0.05, 0) is 20.3 Å². The molecule has 1 heterocycles. The molecule has 1 rings (SSSR count). The summed E-state index contributed by atoms with van der Waals surface area (Å²) in [5.41, 5.74) is -0.761. The normalized spacial score (nSPS) is 32.6. The van der Waals surface area contributed by atoms with Crippen molar-refractivity contribution in [3.05, 3.63) is 0 Å². The van der Waals surface area contributed by atoms with Gasteiger partial charge in [0.15, 0.2) is 0 Å². The van der Waals surface area contributed by atoms with Gasteiger partial charge in [0, 0.05) is 13.1 Å². The Morgan fingerprint density at radius 2 is 2.36 bits per heavy atom. The molecule has 1 aliphatic rings. The highest BCUT2D eigenvalue weighted by molar-refractivity contribution is 5.78. The monoisotopic (exact) mass is 157 g/mol. The lowest BCUT2D eigenvalue weighted by atomic mass is 9.93. The molecule has 0 radical (unpaired) electrons. The molecule has 1 amide bonds. The van der Waals surface area contributed by atoms with E-state index in [2.05, 4.69) is 0 Å². The zero-order valence-corrected chi connectivity index (χ0v) is 7.13. The minimum atomic E-state index is -0.761. The van der Waals surface area contributed by atoms with Crippen molar-refractivity contribution < 1.29 is 9.90 Å². The first kappa shape index (κ1) is 8.53. The van der Waals surface area contributed by atoms with Crippen LogP contribution in [0.5, 0.6) is 0 Å². The summed E-state index contributed by atoms with van der Waals surface area (Å²) in [6.07, 6.45) is 0.980. The molecule has 1 unspecified atom stereocenters. The molecule has 0 spiro atoms. The molecular formula is C8H15NO2. The van der Waals surface area contributed by atoms with Gasteiger partial charge in [-0.3, -0.25) is 4.79 Å². The molecule has 64 valence electrons. The second-order valence-corrected chi connectivity index (χ2v) is 3.40. The van der Waals surface area contributed by atoms with Crippen LogP contribution in [0.1, 0.15) is 26.7 Å². The van der Waals surface area contributed by atoms with Crippen molar-refractivity contribution in [2.45, 2.75) is 32.3 Å². The number of amides is 1. The second-order valence-electron chi connectivity index (χ2n) is 3.40. The van der Waals surface area contributed by atoms with Crippen molar-refractivity contribution in [3.63, 3.8) is 0 Å². The molecule has 1 atom stereocenters. The van der Waals surface area contributed by atoms with Gasteiger partial charge in [-0.2, -0.15) is 0 Å². The van der Waals surface area contributed by atoms with Gasteiger partial charge in [0.25, 0.3) is 0 Å². The van der Waals surface area contributed by atoms with Crippen LogP contribution in [0.4, 0.5) is 0 Å². The summed E-state index contributed by atoms with van der Waals surface area (Å²) in [5, 5.41) is 9.51. The fourth-order valence-corrected chi connectivity index (χ4v) is 1.36. The lowest BCUT2D eigenvalue weighted by Crippen LogP contribution is -2.46. The zero-order valence-electron chi connectivity index (χ0n) is 7.13. The van der Waals surface area contributed by atoms with Gasteiger partial charge < -0.3 is 10.0 Å². The van der Waals surface area contributed by atoms with Crippen molar-refractivity contribution in [2.24, 2.45) is 0 Å². The Kier molecular flexibility index (Phi) is 2.18. The maximum Gasteiger partial charge on any atom is 0.225 e. The van der Waals surface area contributed by atoms with Gasteiger partial charge in [0.2, 0.25) is 5.91 Å². The summed E-state index contributed by atoms with van der Waals surface area (Å²) >= 11 is 0. The Morgan fingerprint density at radius 1 is 1.73 bits per heavy atom. The Balaban J connectivity index is 2.55. The van der Waals surface area contributed by atoms with Crippen molar-refractivity contribution in [3.8, 4) is 0 Å². The summed E-state index contributed by atoms with van der Waals surface area (Å²) < 4.78 is 0. The molecule has 1 N–H and O–H groups in total. The summed E-state index contributed by atoms with van der Waals surface area (Å²) in [4.78, 5) is 13.0. The number of hydrogen-bond donors (Lipinski definition) is 1. The van der Waals surface area contributed by atoms with Crippen LogP contribution < -0.4 is 0 Å². The number of piperidine rings is 1. The average molecular weight is 157 g/mol. The maximum atomic E-state index is 11.2. The van der Waals surface area contributed by atoms with Crippen molar-refractivity contribution in [1.29, 1.82) is 0 Å². The first-order valence-corrected chi connectivity index (χ1v) is 4.05. The number of carbonyl (C=O) groups is 1. The Bertz CT molecular complexity index is 165. The molecule has 0 aromatic heterocycles. The molecule has 3 nitrogen and oxygen atoms in total. The molecule has 0 aromatic carbocycles. The van der Waals surface area contributed by atoms with Crippen LogP contribution in [0, 0.1) is 0 Å². The van der Waals surface area contributed by atoms with Gasteiger partial charge in [-0.25, -0.2) is 0 Å². The number of hydrogen-bond acceptors (Lipinski definition) is 2. The summed E-state index contributed by atoms with van der Waals surface area (Å²) in [6, 6.07) is 0. The van der Waals surface area contributed by atoms with Crippen LogP contribution in [0.3, 0.4) is 0 Å². The Morgan fingerprint density at radius 3 is 2.82 bits per heavy atom. The summed E-state index contributed by atoms with van der Waals surface area (Å²) in [5.74, 6) is 0.0729. The summed E-state index contributed by atoms with van der Waals surface area (Å²) in [7, 11) is 0. The van der Waals surface area contributed by atoms with Gasteiger partial charge in [0.05, 0.1) is 12.0 Å². The van der Waals surface area contributed by atoms with Crippen molar-refractivity contribution in [2.75, 3.05) is 13.1 Å². The van der Waals surface area contributed by atoms with E-state index in [4.69, 9.17) is 0 Å². The smallest absolute Gasteiger partial charge is 0.225 e. The molecule has 0 aromatic rings. The first-order chi connectivity index (χ1) is 5.05. The van der Waals surface area contributed by atoms with Gasteiger partial charge in [-0.15, -0.1) is 0 Å². The van der Waals surface area contributed by atoms with Crippen LogP contribution in [-0.2, 0) is 4.79 Å². The quantitative estimate of drug-likeness (QED) is 0.597. The van der Waals surface area contributed by atoms with E-state index in [1.807, 2.05) is 6.92 Å². The Labute approximate surface area is 67.0 Å². The molecular weight excluding hydrogens is 142 g/mol. The molecule has 3 heteroatoms. The highest BCUT2D eigenvalue weighted by Gasteiger charge is 2.32. The minimum absolute atomic E-state index is 0.0729. The predicted molar refractivity (Wildman–Crippen MR) is 42.1 cm³/mol. The first-order valence-electron chi connectivity index (χ1n) is 4.05. The lowest BCUT2D eigenvalue weighted by Gasteiger charge is -2.34. The molecule has 0 saturated carbocycles. The van der Waals surface area contributed by atoms with Crippen LogP contribution in [-0.4, -0.2) is 34.6 Å². The van der Waals surface area contributed by atoms with E-state index in [1.165, 1.54) is 0 Å². The molecule has 0 bridgehead atoms. The van der Waals surface area contributed by atoms with Crippen LogP contribution in [0.2, 0.25) is 0 Å². The highest BCUT2D eigenvalue weighted by atomic mass is 16.3. The maximum absolute atomic E-state index is 11.2.